The zero-order valence-electron chi connectivity index (χ0n) is 11.5. The Morgan fingerprint density at radius 2 is 1.94 bits per heavy atom. The molecule has 3 heteroatoms. The zero-order valence-corrected chi connectivity index (χ0v) is 11.5. The van der Waals surface area contributed by atoms with E-state index in [0.717, 1.165) is 16.7 Å². The molecule has 3 nitrogen and oxygen atoms in total. The summed E-state index contributed by atoms with van der Waals surface area (Å²) in [6.07, 6.45) is -0.404. The first-order valence-corrected chi connectivity index (χ1v) is 6.00. The lowest BCUT2D eigenvalue weighted by Crippen LogP contribution is -2.32. The van der Waals surface area contributed by atoms with Crippen molar-refractivity contribution in [3.8, 4) is 0 Å². The highest BCUT2D eigenvalue weighted by atomic mass is 16.6. The third-order valence-electron chi connectivity index (χ3n) is 2.30. The van der Waals surface area contributed by atoms with Crippen molar-refractivity contribution < 1.29 is 9.53 Å². The van der Waals surface area contributed by atoms with Gasteiger partial charge in [-0.25, -0.2) is 4.79 Å². The number of carbonyl (C=O) groups is 1. The van der Waals surface area contributed by atoms with E-state index < -0.39 is 11.7 Å². The fourth-order valence-electron chi connectivity index (χ4n) is 1.57. The molecule has 0 saturated heterocycles. The maximum Gasteiger partial charge on any atom is 0.407 e. The maximum absolute atomic E-state index is 11.6. The van der Waals surface area contributed by atoms with Crippen LogP contribution in [-0.2, 0) is 11.3 Å². The molecule has 0 radical (unpaired) electrons. The summed E-state index contributed by atoms with van der Waals surface area (Å²) in [5.74, 6) is 0. The summed E-state index contributed by atoms with van der Waals surface area (Å²) in [6.45, 7) is 11.8. The van der Waals surface area contributed by atoms with E-state index in [0.29, 0.717) is 6.54 Å². The van der Waals surface area contributed by atoms with Crippen molar-refractivity contribution in [2.45, 2.75) is 39.8 Å². The minimum Gasteiger partial charge on any atom is -0.444 e. The van der Waals surface area contributed by atoms with Crippen LogP contribution in [0.4, 0.5) is 4.79 Å². The first-order valence-electron chi connectivity index (χ1n) is 6.00. The summed E-state index contributed by atoms with van der Waals surface area (Å²) in [5, 5.41) is 2.75. The molecule has 0 aliphatic rings. The van der Waals surface area contributed by atoms with Crippen LogP contribution in [0.3, 0.4) is 0 Å². The third kappa shape index (κ3) is 4.62. The lowest BCUT2D eigenvalue weighted by atomic mass is 10.0. The second kappa shape index (κ2) is 5.71. The standard InChI is InChI=1S/C15H21NO2/c1-11(2)13-9-7-6-8-12(13)10-16-14(17)18-15(3,4)5/h6-9H,1,10H2,2-5H3,(H,16,17). The Morgan fingerprint density at radius 3 is 2.50 bits per heavy atom. The fourth-order valence-corrected chi connectivity index (χ4v) is 1.57. The molecule has 18 heavy (non-hydrogen) atoms. The summed E-state index contributed by atoms with van der Waals surface area (Å²) < 4.78 is 5.19. The summed E-state index contributed by atoms with van der Waals surface area (Å²) in [6, 6.07) is 7.87. The van der Waals surface area contributed by atoms with Crippen LogP contribution in [0, 0.1) is 0 Å². The molecule has 0 aromatic heterocycles. The molecule has 0 heterocycles. The SMILES string of the molecule is C=C(C)c1ccccc1CNC(=O)OC(C)(C)C. The van der Waals surface area contributed by atoms with Crippen LogP contribution in [-0.4, -0.2) is 11.7 Å². The van der Waals surface area contributed by atoms with Crippen LogP contribution in [0.15, 0.2) is 30.8 Å². The van der Waals surface area contributed by atoms with Crippen molar-refractivity contribution in [1.29, 1.82) is 0 Å². The highest BCUT2D eigenvalue weighted by Gasteiger charge is 2.15. The third-order valence-corrected chi connectivity index (χ3v) is 2.30. The molecule has 0 fully saturated rings. The van der Waals surface area contributed by atoms with Gasteiger partial charge >= 0.3 is 6.09 Å². The second-order valence-electron chi connectivity index (χ2n) is 5.29. The highest BCUT2D eigenvalue weighted by molar-refractivity contribution is 5.69. The van der Waals surface area contributed by atoms with E-state index in [1.807, 2.05) is 52.0 Å². The predicted octanol–water partition coefficient (Wildman–Crippen LogP) is 3.74. The van der Waals surface area contributed by atoms with Gasteiger partial charge in [0.05, 0.1) is 0 Å². The molecule has 1 aromatic rings. The molecule has 1 N–H and O–H groups in total. The average molecular weight is 247 g/mol. The van der Waals surface area contributed by atoms with E-state index in [1.165, 1.54) is 0 Å². The molecular weight excluding hydrogens is 226 g/mol. The summed E-state index contributed by atoms with van der Waals surface area (Å²) in [4.78, 5) is 11.6. The Hall–Kier alpha value is -1.77. The van der Waals surface area contributed by atoms with E-state index >= 15 is 0 Å². The van der Waals surface area contributed by atoms with Crippen LogP contribution in [0.1, 0.15) is 38.8 Å². The minimum atomic E-state index is -0.474. The molecule has 0 aliphatic carbocycles. The molecule has 1 rings (SSSR count). The van der Waals surface area contributed by atoms with Gasteiger partial charge in [0.2, 0.25) is 0 Å². The number of amides is 1. The highest BCUT2D eigenvalue weighted by Crippen LogP contribution is 2.17. The first kappa shape index (κ1) is 14.3. The molecule has 0 spiro atoms. The number of rotatable bonds is 3. The summed E-state index contributed by atoms with van der Waals surface area (Å²) >= 11 is 0. The average Bonchev–Trinajstić information content (AvgIpc) is 2.24. The van der Waals surface area contributed by atoms with Crippen LogP contribution >= 0.6 is 0 Å². The van der Waals surface area contributed by atoms with Gasteiger partial charge in [-0.3, -0.25) is 0 Å². The van der Waals surface area contributed by atoms with Crippen molar-refractivity contribution in [3.05, 3.63) is 42.0 Å². The summed E-state index contributed by atoms with van der Waals surface area (Å²) in [5.41, 5.74) is 2.61. The second-order valence-corrected chi connectivity index (χ2v) is 5.29. The minimum absolute atomic E-state index is 0.404. The van der Waals surface area contributed by atoms with E-state index in [9.17, 15) is 4.79 Å². The van der Waals surface area contributed by atoms with E-state index in [4.69, 9.17) is 4.74 Å². The number of hydrogen-bond donors (Lipinski definition) is 1. The Balaban J connectivity index is 2.64. The van der Waals surface area contributed by atoms with E-state index in [-0.39, 0.29) is 0 Å². The van der Waals surface area contributed by atoms with Gasteiger partial charge in [0.25, 0.3) is 0 Å². The van der Waals surface area contributed by atoms with Crippen molar-refractivity contribution >= 4 is 11.7 Å². The van der Waals surface area contributed by atoms with E-state index in [2.05, 4.69) is 11.9 Å². The quantitative estimate of drug-likeness (QED) is 0.883. The number of nitrogens with one attached hydrogen (secondary N) is 1. The number of alkyl carbamates (subject to hydrolysis) is 1. The van der Waals surface area contributed by atoms with Gasteiger partial charge < -0.3 is 10.1 Å². The van der Waals surface area contributed by atoms with Gasteiger partial charge in [0.15, 0.2) is 0 Å². The van der Waals surface area contributed by atoms with Crippen LogP contribution in [0.5, 0.6) is 0 Å². The predicted molar refractivity (Wildman–Crippen MR) is 74.2 cm³/mol. The Bertz CT molecular complexity index is 444. The molecule has 0 saturated carbocycles. The van der Waals surface area contributed by atoms with Gasteiger partial charge in [-0.05, 0) is 38.8 Å². The van der Waals surface area contributed by atoms with Crippen LogP contribution in [0.2, 0.25) is 0 Å². The topological polar surface area (TPSA) is 38.3 Å². The number of benzene rings is 1. The van der Waals surface area contributed by atoms with E-state index in [1.54, 1.807) is 0 Å². The molecular formula is C15H21NO2. The van der Waals surface area contributed by atoms with Crippen molar-refractivity contribution in [3.63, 3.8) is 0 Å². The monoisotopic (exact) mass is 247 g/mol. The largest absolute Gasteiger partial charge is 0.444 e. The first-order chi connectivity index (χ1) is 8.29. The number of hydrogen-bond acceptors (Lipinski definition) is 2. The molecule has 1 amide bonds. The van der Waals surface area contributed by atoms with Gasteiger partial charge in [-0.15, -0.1) is 0 Å². The fraction of sp³-hybridized carbons (Fsp3) is 0.400. The number of allylic oxidation sites excluding steroid dienone is 1. The molecule has 0 bridgehead atoms. The van der Waals surface area contributed by atoms with Crippen LogP contribution < -0.4 is 5.32 Å². The lowest BCUT2D eigenvalue weighted by molar-refractivity contribution is 0.0523. The maximum atomic E-state index is 11.6. The molecule has 98 valence electrons. The lowest BCUT2D eigenvalue weighted by Gasteiger charge is -2.20. The normalized spacial score (nSPS) is 10.9. The molecule has 0 unspecified atom stereocenters. The van der Waals surface area contributed by atoms with Gasteiger partial charge in [-0.2, -0.15) is 0 Å². The van der Waals surface area contributed by atoms with Gasteiger partial charge in [-0.1, -0.05) is 36.4 Å². The Kier molecular flexibility index (Phi) is 4.54. The number of carbonyl (C=O) groups excluding carboxylic acids is 1. The van der Waals surface area contributed by atoms with Crippen molar-refractivity contribution in [2.75, 3.05) is 0 Å². The van der Waals surface area contributed by atoms with Crippen molar-refractivity contribution in [2.24, 2.45) is 0 Å². The molecule has 1 aromatic carbocycles. The molecule has 0 atom stereocenters. The van der Waals surface area contributed by atoms with Gasteiger partial charge in [0, 0.05) is 6.54 Å². The smallest absolute Gasteiger partial charge is 0.407 e. The zero-order chi connectivity index (χ0) is 13.8. The molecule has 0 aliphatic heterocycles. The summed E-state index contributed by atoms with van der Waals surface area (Å²) in [7, 11) is 0. The van der Waals surface area contributed by atoms with Crippen LogP contribution in [0.25, 0.3) is 5.57 Å². The number of ether oxygens (including phenoxy) is 1. The van der Waals surface area contributed by atoms with Crippen molar-refractivity contribution in [1.82, 2.24) is 5.32 Å². The Labute approximate surface area is 109 Å². The Morgan fingerprint density at radius 1 is 1.33 bits per heavy atom. The van der Waals surface area contributed by atoms with Gasteiger partial charge in [0.1, 0.15) is 5.60 Å².